The number of hydrogen-bond donors (Lipinski definition) is 1. The lowest BCUT2D eigenvalue weighted by molar-refractivity contribution is -0.135. The highest BCUT2D eigenvalue weighted by Gasteiger charge is 2.42. The van der Waals surface area contributed by atoms with Crippen LogP contribution in [-0.4, -0.2) is 67.6 Å². The normalized spacial score (nSPS) is 21.0. The molecule has 0 saturated carbocycles. The number of anilines is 1. The average Bonchev–Trinajstić information content (AvgIpc) is 3.25. The SMILES string of the molecule is CCNC(=O)N1C[C@H](C(=O)N2CCN(c3ccccc3C)CC2)[C@@H](c2ccc(C)cc2)C1. The van der Waals surface area contributed by atoms with Gasteiger partial charge < -0.3 is 20.0 Å². The number of aryl methyl sites for hydroxylation is 2. The molecule has 4 rings (SSSR count). The van der Waals surface area contributed by atoms with Gasteiger partial charge in [0.25, 0.3) is 0 Å². The Morgan fingerprint density at radius 3 is 2.25 bits per heavy atom. The molecule has 2 aromatic carbocycles. The minimum absolute atomic E-state index is 0.0279. The second-order valence-electron chi connectivity index (χ2n) is 8.96. The van der Waals surface area contributed by atoms with Crippen LogP contribution in [0.4, 0.5) is 10.5 Å². The summed E-state index contributed by atoms with van der Waals surface area (Å²) in [6.07, 6.45) is 0. The summed E-state index contributed by atoms with van der Waals surface area (Å²) in [6, 6.07) is 16.7. The number of para-hydroxylation sites is 1. The fourth-order valence-corrected chi connectivity index (χ4v) is 4.95. The highest BCUT2D eigenvalue weighted by atomic mass is 16.2. The van der Waals surface area contributed by atoms with Crippen molar-refractivity contribution in [3.8, 4) is 0 Å². The molecule has 3 amide bonds. The standard InChI is InChI=1S/C26H34N4O2/c1-4-27-26(32)30-17-22(21-11-9-19(2)10-12-21)23(18-30)25(31)29-15-13-28(14-16-29)24-8-6-5-7-20(24)3/h5-12,22-23H,4,13-18H2,1-3H3,(H,27,32)/t22-,23+/m1/s1. The van der Waals surface area contributed by atoms with Crippen LogP contribution in [-0.2, 0) is 4.79 Å². The molecule has 2 heterocycles. The lowest BCUT2D eigenvalue weighted by Gasteiger charge is -2.38. The van der Waals surface area contributed by atoms with Crippen LogP contribution in [0.2, 0.25) is 0 Å². The van der Waals surface area contributed by atoms with Crippen LogP contribution >= 0.6 is 0 Å². The van der Waals surface area contributed by atoms with E-state index in [1.54, 1.807) is 4.90 Å². The number of nitrogens with one attached hydrogen (secondary N) is 1. The summed E-state index contributed by atoms with van der Waals surface area (Å²) < 4.78 is 0. The molecular weight excluding hydrogens is 400 g/mol. The number of rotatable bonds is 4. The van der Waals surface area contributed by atoms with E-state index in [4.69, 9.17) is 0 Å². The molecule has 2 aliphatic heterocycles. The first kappa shape index (κ1) is 22.2. The van der Waals surface area contributed by atoms with Crippen molar-refractivity contribution in [3.63, 3.8) is 0 Å². The number of hydrogen-bond acceptors (Lipinski definition) is 3. The molecule has 0 unspecified atom stereocenters. The predicted molar refractivity (Wildman–Crippen MR) is 128 cm³/mol. The average molecular weight is 435 g/mol. The van der Waals surface area contributed by atoms with E-state index in [0.29, 0.717) is 32.7 Å². The van der Waals surface area contributed by atoms with Crippen molar-refractivity contribution < 1.29 is 9.59 Å². The van der Waals surface area contributed by atoms with Crippen molar-refractivity contribution in [2.75, 3.05) is 50.7 Å². The molecule has 6 heteroatoms. The van der Waals surface area contributed by atoms with Crippen molar-refractivity contribution in [2.45, 2.75) is 26.7 Å². The Labute approximate surface area is 191 Å². The van der Waals surface area contributed by atoms with Gasteiger partial charge in [-0.3, -0.25) is 4.79 Å². The maximum atomic E-state index is 13.6. The van der Waals surface area contributed by atoms with Crippen LogP contribution in [0.5, 0.6) is 0 Å². The van der Waals surface area contributed by atoms with E-state index < -0.39 is 0 Å². The molecule has 6 nitrogen and oxygen atoms in total. The second kappa shape index (κ2) is 9.63. The molecule has 2 aliphatic rings. The number of piperazine rings is 1. The summed E-state index contributed by atoms with van der Waals surface area (Å²) in [5, 5.41) is 2.89. The third-order valence-corrected chi connectivity index (χ3v) is 6.81. The number of amides is 3. The Morgan fingerprint density at radius 2 is 1.59 bits per heavy atom. The van der Waals surface area contributed by atoms with E-state index >= 15 is 0 Å². The number of carbonyl (C=O) groups is 2. The summed E-state index contributed by atoms with van der Waals surface area (Å²) in [5.74, 6) is -0.00256. The van der Waals surface area contributed by atoms with E-state index in [1.807, 2.05) is 11.8 Å². The van der Waals surface area contributed by atoms with Gasteiger partial charge in [0, 0.05) is 57.4 Å². The highest BCUT2D eigenvalue weighted by Crippen LogP contribution is 2.34. The zero-order chi connectivity index (χ0) is 22.7. The predicted octanol–water partition coefficient (Wildman–Crippen LogP) is 3.40. The smallest absolute Gasteiger partial charge is 0.317 e. The largest absolute Gasteiger partial charge is 0.368 e. The number of likely N-dealkylation sites (tertiary alicyclic amines) is 1. The van der Waals surface area contributed by atoms with Crippen LogP contribution in [0.25, 0.3) is 0 Å². The molecule has 32 heavy (non-hydrogen) atoms. The molecule has 2 atom stereocenters. The van der Waals surface area contributed by atoms with Gasteiger partial charge in [0.1, 0.15) is 0 Å². The molecule has 170 valence electrons. The third-order valence-electron chi connectivity index (χ3n) is 6.81. The van der Waals surface area contributed by atoms with Crippen LogP contribution in [0.15, 0.2) is 48.5 Å². The van der Waals surface area contributed by atoms with Crippen LogP contribution < -0.4 is 10.2 Å². The lowest BCUT2D eigenvalue weighted by Crippen LogP contribution is -2.51. The van der Waals surface area contributed by atoms with Gasteiger partial charge in [-0.15, -0.1) is 0 Å². The quantitative estimate of drug-likeness (QED) is 0.803. The molecule has 0 spiro atoms. The van der Waals surface area contributed by atoms with Crippen LogP contribution in [0.1, 0.15) is 29.5 Å². The minimum atomic E-state index is -0.203. The van der Waals surface area contributed by atoms with E-state index in [1.165, 1.54) is 16.8 Å². The zero-order valence-corrected chi connectivity index (χ0v) is 19.4. The van der Waals surface area contributed by atoms with Gasteiger partial charge in [0.05, 0.1) is 5.92 Å². The Hall–Kier alpha value is -3.02. The Morgan fingerprint density at radius 1 is 0.906 bits per heavy atom. The van der Waals surface area contributed by atoms with E-state index in [0.717, 1.165) is 18.7 Å². The lowest BCUT2D eigenvalue weighted by atomic mass is 9.87. The first-order chi connectivity index (χ1) is 15.5. The number of carbonyl (C=O) groups excluding carboxylic acids is 2. The van der Waals surface area contributed by atoms with Crippen molar-refractivity contribution in [3.05, 3.63) is 65.2 Å². The molecule has 2 fully saturated rings. The van der Waals surface area contributed by atoms with E-state index in [2.05, 4.69) is 72.6 Å². The fraction of sp³-hybridized carbons (Fsp3) is 0.462. The first-order valence-corrected chi connectivity index (χ1v) is 11.7. The summed E-state index contributed by atoms with van der Waals surface area (Å²) in [7, 11) is 0. The Balaban J connectivity index is 1.48. The minimum Gasteiger partial charge on any atom is -0.368 e. The molecule has 2 saturated heterocycles. The number of urea groups is 1. The van der Waals surface area contributed by atoms with Crippen molar-refractivity contribution in [1.82, 2.24) is 15.1 Å². The molecule has 0 aliphatic carbocycles. The monoisotopic (exact) mass is 434 g/mol. The summed E-state index contributed by atoms with van der Waals surface area (Å²) >= 11 is 0. The topological polar surface area (TPSA) is 55.9 Å². The van der Waals surface area contributed by atoms with E-state index in [9.17, 15) is 9.59 Å². The Kier molecular flexibility index (Phi) is 6.68. The molecular formula is C26H34N4O2. The van der Waals surface area contributed by atoms with Crippen LogP contribution in [0.3, 0.4) is 0 Å². The van der Waals surface area contributed by atoms with Gasteiger partial charge >= 0.3 is 6.03 Å². The van der Waals surface area contributed by atoms with Crippen molar-refractivity contribution >= 4 is 17.6 Å². The van der Waals surface area contributed by atoms with Crippen LogP contribution in [0, 0.1) is 19.8 Å². The summed E-state index contributed by atoms with van der Waals surface area (Å²) in [4.78, 5) is 32.3. The Bertz CT molecular complexity index is 951. The third kappa shape index (κ3) is 4.59. The van der Waals surface area contributed by atoms with Crippen molar-refractivity contribution in [2.24, 2.45) is 5.92 Å². The molecule has 0 bridgehead atoms. The van der Waals surface area contributed by atoms with E-state index in [-0.39, 0.29) is 23.8 Å². The van der Waals surface area contributed by atoms with Gasteiger partial charge in [-0.2, -0.15) is 0 Å². The molecule has 0 radical (unpaired) electrons. The summed E-state index contributed by atoms with van der Waals surface area (Å²) in [5.41, 5.74) is 4.85. The van der Waals surface area contributed by atoms with Gasteiger partial charge in [0.2, 0.25) is 5.91 Å². The van der Waals surface area contributed by atoms with Crippen molar-refractivity contribution in [1.29, 1.82) is 0 Å². The number of benzene rings is 2. The van der Waals surface area contributed by atoms with Gasteiger partial charge in [-0.25, -0.2) is 4.79 Å². The fourth-order valence-electron chi connectivity index (χ4n) is 4.95. The van der Waals surface area contributed by atoms with Gasteiger partial charge in [-0.05, 0) is 38.0 Å². The van der Waals surface area contributed by atoms with Gasteiger partial charge in [0.15, 0.2) is 0 Å². The molecule has 1 N–H and O–H groups in total. The first-order valence-electron chi connectivity index (χ1n) is 11.7. The summed E-state index contributed by atoms with van der Waals surface area (Å²) in [6.45, 7) is 10.8. The number of nitrogens with zero attached hydrogens (tertiary/aromatic N) is 3. The molecule has 0 aromatic heterocycles. The zero-order valence-electron chi connectivity index (χ0n) is 19.4. The van der Waals surface area contributed by atoms with Gasteiger partial charge in [-0.1, -0.05) is 48.0 Å². The second-order valence-corrected chi connectivity index (χ2v) is 8.96. The maximum absolute atomic E-state index is 13.6. The molecule has 2 aromatic rings. The maximum Gasteiger partial charge on any atom is 0.317 e. The highest BCUT2D eigenvalue weighted by molar-refractivity contribution is 5.83.